The number of thiophene rings is 1. The molecule has 0 atom stereocenters. The summed E-state index contributed by atoms with van der Waals surface area (Å²) >= 11 is 1.24. The Bertz CT molecular complexity index is 1110. The quantitative estimate of drug-likeness (QED) is 0.653. The second-order valence-electron chi connectivity index (χ2n) is 5.90. The molecule has 1 aromatic heterocycles. The van der Waals surface area contributed by atoms with Crippen LogP contribution < -0.4 is 10.2 Å². The number of nitrogens with zero attached hydrogens (tertiary/aromatic N) is 1. The highest BCUT2D eigenvalue weighted by Crippen LogP contribution is 2.36. The minimum absolute atomic E-state index is 0.0630. The maximum absolute atomic E-state index is 14.3. The molecule has 1 aliphatic heterocycles. The Balaban J connectivity index is 1.80. The molecule has 1 aliphatic rings. The summed E-state index contributed by atoms with van der Waals surface area (Å²) in [6, 6.07) is 11.2. The molecule has 0 aliphatic carbocycles. The Kier molecular flexibility index (Phi) is 4.48. The maximum Gasteiger partial charge on any atom is 0.282 e. The van der Waals surface area contributed by atoms with Gasteiger partial charge in [-0.1, -0.05) is 6.07 Å². The summed E-state index contributed by atoms with van der Waals surface area (Å²) in [4.78, 5) is 27.2. The van der Waals surface area contributed by atoms with Crippen LogP contribution in [0.1, 0.15) is 4.88 Å². The molecule has 140 valence electrons. The Morgan fingerprint density at radius 1 is 0.857 bits per heavy atom. The van der Waals surface area contributed by atoms with E-state index in [4.69, 9.17) is 0 Å². The average molecular weight is 400 g/mol. The molecule has 0 spiro atoms. The molecule has 0 radical (unpaired) electrons. The fraction of sp³-hybridized carbons (Fsp3) is 0. The number of benzene rings is 2. The number of carbonyl (C=O) groups excluding carboxylic acids is 2. The first kappa shape index (κ1) is 18.0. The summed E-state index contributed by atoms with van der Waals surface area (Å²) in [5.41, 5.74) is 0.0326. The van der Waals surface area contributed by atoms with Crippen molar-refractivity contribution in [3.05, 3.63) is 88.0 Å². The topological polar surface area (TPSA) is 49.4 Å². The van der Waals surface area contributed by atoms with E-state index in [2.05, 4.69) is 5.32 Å². The molecule has 4 nitrogen and oxygen atoms in total. The first-order chi connectivity index (χ1) is 13.5. The predicted molar refractivity (Wildman–Crippen MR) is 100 cm³/mol. The monoisotopic (exact) mass is 400 g/mol. The molecular formula is C20H11F3N2O2S. The standard InChI is InChI=1S/C20H11F3N2O2S/c21-11-3-6-13(7-4-11)24-18-17(16-2-1-9-28-16)19(26)25(20(18)27)15-8-5-12(22)10-14(15)23/h1-10,24H. The van der Waals surface area contributed by atoms with Crippen molar-refractivity contribution in [3.63, 3.8) is 0 Å². The molecule has 4 rings (SSSR count). The van der Waals surface area contributed by atoms with Crippen molar-refractivity contribution in [2.45, 2.75) is 0 Å². The van der Waals surface area contributed by atoms with Crippen LogP contribution >= 0.6 is 11.3 Å². The molecule has 0 unspecified atom stereocenters. The number of carbonyl (C=O) groups is 2. The van der Waals surface area contributed by atoms with Gasteiger partial charge in [-0.2, -0.15) is 0 Å². The molecule has 8 heteroatoms. The van der Waals surface area contributed by atoms with Gasteiger partial charge in [0.15, 0.2) is 0 Å². The second kappa shape index (κ2) is 6.97. The zero-order chi connectivity index (χ0) is 19.8. The highest BCUT2D eigenvalue weighted by atomic mass is 32.1. The third kappa shape index (κ3) is 3.07. The van der Waals surface area contributed by atoms with Crippen LogP contribution in [0.3, 0.4) is 0 Å². The maximum atomic E-state index is 14.3. The molecule has 2 heterocycles. The second-order valence-corrected chi connectivity index (χ2v) is 6.85. The smallest absolute Gasteiger partial charge is 0.282 e. The van der Waals surface area contributed by atoms with E-state index in [-0.39, 0.29) is 17.0 Å². The van der Waals surface area contributed by atoms with Crippen molar-refractivity contribution < 1.29 is 22.8 Å². The van der Waals surface area contributed by atoms with Crippen LogP contribution in [-0.2, 0) is 9.59 Å². The van der Waals surface area contributed by atoms with Gasteiger partial charge in [-0.05, 0) is 47.8 Å². The highest BCUT2D eigenvalue weighted by Gasteiger charge is 2.41. The van der Waals surface area contributed by atoms with Gasteiger partial charge >= 0.3 is 0 Å². The zero-order valence-corrected chi connectivity index (χ0v) is 14.9. The predicted octanol–water partition coefficient (Wildman–Crippen LogP) is 4.56. The molecule has 2 aromatic carbocycles. The van der Waals surface area contributed by atoms with Gasteiger partial charge in [0.2, 0.25) is 0 Å². The van der Waals surface area contributed by atoms with Gasteiger partial charge in [-0.15, -0.1) is 11.3 Å². The molecule has 3 aromatic rings. The summed E-state index contributed by atoms with van der Waals surface area (Å²) in [7, 11) is 0. The molecule has 0 saturated carbocycles. The third-order valence-corrected chi connectivity index (χ3v) is 5.00. The number of hydrogen-bond acceptors (Lipinski definition) is 4. The minimum atomic E-state index is -1.03. The van der Waals surface area contributed by atoms with Gasteiger partial charge < -0.3 is 5.32 Å². The van der Waals surface area contributed by atoms with Crippen molar-refractivity contribution in [1.29, 1.82) is 0 Å². The lowest BCUT2D eigenvalue weighted by Gasteiger charge is -2.16. The fourth-order valence-electron chi connectivity index (χ4n) is 2.85. The van der Waals surface area contributed by atoms with E-state index in [1.54, 1.807) is 17.5 Å². The Labute approximate surface area is 161 Å². The van der Waals surface area contributed by atoms with Gasteiger partial charge in [0.1, 0.15) is 23.1 Å². The number of hydrogen-bond donors (Lipinski definition) is 1. The average Bonchev–Trinajstić information content (AvgIpc) is 3.25. The van der Waals surface area contributed by atoms with Crippen LogP contribution in [-0.4, -0.2) is 11.8 Å². The zero-order valence-electron chi connectivity index (χ0n) is 14.1. The molecule has 2 amide bonds. The van der Waals surface area contributed by atoms with Crippen molar-refractivity contribution in [2.24, 2.45) is 0 Å². The Morgan fingerprint density at radius 3 is 2.21 bits per heavy atom. The van der Waals surface area contributed by atoms with E-state index in [9.17, 15) is 22.8 Å². The number of rotatable bonds is 4. The van der Waals surface area contributed by atoms with Gasteiger partial charge in [0.05, 0.1) is 11.3 Å². The van der Waals surface area contributed by atoms with E-state index >= 15 is 0 Å². The number of amides is 2. The first-order valence-electron chi connectivity index (χ1n) is 8.10. The van der Waals surface area contributed by atoms with Crippen LogP contribution in [0.2, 0.25) is 0 Å². The molecule has 0 fully saturated rings. The Hall–Kier alpha value is -3.39. The van der Waals surface area contributed by atoms with Crippen LogP contribution in [0.4, 0.5) is 24.5 Å². The largest absolute Gasteiger partial charge is 0.350 e. The van der Waals surface area contributed by atoms with Gasteiger partial charge in [-0.25, -0.2) is 18.1 Å². The number of nitrogens with one attached hydrogen (secondary N) is 1. The Morgan fingerprint density at radius 2 is 1.57 bits per heavy atom. The molecular weight excluding hydrogens is 389 g/mol. The third-order valence-electron chi connectivity index (χ3n) is 4.12. The van der Waals surface area contributed by atoms with Crippen LogP contribution in [0.15, 0.2) is 65.7 Å². The van der Waals surface area contributed by atoms with Crippen molar-refractivity contribution >= 4 is 40.1 Å². The van der Waals surface area contributed by atoms with Crippen LogP contribution in [0.25, 0.3) is 5.57 Å². The summed E-state index contributed by atoms with van der Waals surface area (Å²) in [5.74, 6) is -3.83. The van der Waals surface area contributed by atoms with E-state index in [0.29, 0.717) is 21.5 Å². The van der Waals surface area contributed by atoms with Crippen molar-refractivity contribution in [3.8, 4) is 0 Å². The van der Waals surface area contributed by atoms with Crippen molar-refractivity contribution in [2.75, 3.05) is 10.2 Å². The molecule has 0 saturated heterocycles. The normalized spacial score (nSPS) is 14.2. The summed E-state index contributed by atoms with van der Waals surface area (Å²) < 4.78 is 40.7. The van der Waals surface area contributed by atoms with E-state index in [1.165, 1.54) is 35.6 Å². The highest BCUT2D eigenvalue weighted by molar-refractivity contribution is 7.11. The lowest BCUT2D eigenvalue weighted by molar-refractivity contribution is -0.120. The summed E-state index contributed by atoms with van der Waals surface area (Å²) in [5, 5.41) is 4.56. The minimum Gasteiger partial charge on any atom is -0.350 e. The molecule has 1 N–H and O–H groups in total. The van der Waals surface area contributed by atoms with Gasteiger partial charge in [-0.3, -0.25) is 9.59 Å². The summed E-state index contributed by atoms with van der Waals surface area (Å²) in [6.45, 7) is 0. The lowest BCUT2D eigenvalue weighted by atomic mass is 10.2. The first-order valence-corrected chi connectivity index (χ1v) is 8.98. The van der Waals surface area contributed by atoms with E-state index in [0.717, 1.165) is 12.1 Å². The van der Waals surface area contributed by atoms with Crippen LogP contribution in [0, 0.1) is 17.5 Å². The molecule has 28 heavy (non-hydrogen) atoms. The van der Waals surface area contributed by atoms with Gasteiger partial charge in [0, 0.05) is 16.6 Å². The fourth-order valence-corrected chi connectivity index (χ4v) is 3.62. The van der Waals surface area contributed by atoms with Crippen LogP contribution in [0.5, 0.6) is 0 Å². The van der Waals surface area contributed by atoms with Crippen molar-refractivity contribution in [1.82, 2.24) is 0 Å². The molecule has 0 bridgehead atoms. The SMILES string of the molecule is O=C1C(Nc2ccc(F)cc2)=C(c2cccs2)C(=O)N1c1ccc(F)cc1F. The van der Waals surface area contributed by atoms with E-state index in [1.807, 2.05) is 0 Å². The number of halogens is 3. The van der Waals surface area contributed by atoms with Gasteiger partial charge in [0.25, 0.3) is 11.8 Å². The number of imide groups is 1. The summed E-state index contributed by atoms with van der Waals surface area (Å²) in [6.07, 6.45) is 0. The van der Waals surface area contributed by atoms with E-state index < -0.39 is 29.3 Å². The number of anilines is 2. The lowest BCUT2D eigenvalue weighted by Crippen LogP contribution is -2.33.